The predicted molar refractivity (Wildman–Crippen MR) is 67.2 cm³/mol. The molecule has 0 aromatic carbocycles. The minimum absolute atomic E-state index is 0.0923. The summed E-state index contributed by atoms with van der Waals surface area (Å²) in [5.41, 5.74) is 0. The maximum Gasteiger partial charge on any atom is 0.0826 e. The Labute approximate surface area is 104 Å². The molecule has 1 unspecified atom stereocenters. The van der Waals surface area contributed by atoms with Gasteiger partial charge in [-0.25, -0.2) is 0 Å². The fourth-order valence-corrected chi connectivity index (χ4v) is 1.91. The van der Waals surface area contributed by atoms with Crippen LogP contribution in [-0.2, 0) is 9.47 Å². The van der Waals surface area contributed by atoms with E-state index in [1.807, 2.05) is 0 Å². The summed E-state index contributed by atoms with van der Waals surface area (Å²) in [6, 6.07) is 0.592. The van der Waals surface area contributed by atoms with Gasteiger partial charge in [-0.15, -0.1) is 0 Å². The zero-order valence-corrected chi connectivity index (χ0v) is 11.0. The van der Waals surface area contributed by atoms with Gasteiger partial charge in [-0.05, 0) is 13.8 Å². The Hall–Kier alpha value is -0.200. The Kier molecular flexibility index (Phi) is 7.72. The summed E-state index contributed by atoms with van der Waals surface area (Å²) < 4.78 is 10.9. The molecular formula is C12H26N2O3. The second kappa shape index (κ2) is 8.83. The van der Waals surface area contributed by atoms with Crippen molar-refractivity contribution in [2.24, 2.45) is 0 Å². The third kappa shape index (κ3) is 6.33. The molecule has 1 aliphatic rings. The number of aliphatic hydroxyl groups is 1. The average Bonchev–Trinajstić information content (AvgIpc) is 2.34. The molecule has 1 saturated heterocycles. The molecule has 0 aromatic rings. The molecule has 0 spiro atoms. The van der Waals surface area contributed by atoms with Crippen molar-refractivity contribution in [1.29, 1.82) is 0 Å². The van der Waals surface area contributed by atoms with E-state index in [4.69, 9.17) is 14.6 Å². The molecule has 1 aliphatic heterocycles. The maximum atomic E-state index is 8.54. The molecule has 0 radical (unpaired) electrons. The van der Waals surface area contributed by atoms with Crippen LogP contribution in [0, 0.1) is 0 Å². The fourth-order valence-electron chi connectivity index (χ4n) is 1.91. The first-order valence-electron chi connectivity index (χ1n) is 6.49. The highest BCUT2D eigenvalue weighted by Gasteiger charge is 2.21. The standard InChI is InChI=1S/C12H26N2O3/c1-11(2)14-4-7-17-12(10-14)9-13-3-6-16-8-5-15/h11-13,15H,3-10H2,1-2H3. The molecule has 0 aromatic heterocycles. The Morgan fingerprint density at radius 2 is 2.29 bits per heavy atom. The number of morpholine rings is 1. The van der Waals surface area contributed by atoms with Gasteiger partial charge in [0, 0.05) is 32.2 Å². The summed E-state index contributed by atoms with van der Waals surface area (Å²) >= 11 is 0. The van der Waals surface area contributed by atoms with Crippen molar-refractivity contribution in [3.8, 4) is 0 Å². The summed E-state index contributed by atoms with van der Waals surface area (Å²) in [7, 11) is 0. The van der Waals surface area contributed by atoms with Gasteiger partial charge in [0.1, 0.15) is 0 Å². The third-order valence-electron chi connectivity index (χ3n) is 2.93. The number of hydrogen-bond acceptors (Lipinski definition) is 5. The molecule has 102 valence electrons. The normalized spacial score (nSPS) is 22.2. The van der Waals surface area contributed by atoms with Crippen LogP contribution < -0.4 is 5.32 Å². The smallest absolute Gasteiger partial charge is 0.0826 e. The van der Waals surface area contributed by atoms with Gasteiger partial charge in [0.15, 0.2) is 0 Å². The van der Waals surface area contributed by atoms with E-state index < -0.39 is 0 Å². The molecule has 0 aliphatic carbocycles. The Bertz CT molecular complexity index is 191. The molecule has 0 saturated carbocycles. The van der Waals surface area contributed by atoms with Crippen LogP contribution in [0.2, 0.25) is 0 Å². The van der Waals surface area contributed by atoms with Crippen LogP contribution in [0.3, 0.4) is 0 Å². The molecule has 0 bridgehead atoms. The van der Waals surface area contributed by atoms with Crippen molar-refractivity contribution < 1.29 is 14.6 Å². The van der Waals surface area contributed by atoms with E-state index in [2.05, 4.69) is 24.1 Å². The highest BCUT2D eigenvalue weighted by atomic mass is 16.5. The second-order valence-electron chi connectivity index (χ2n) is 4.62. The van der Waals surface area contributed by atoms with Crippen LogP contribution in [0.15, 0.2) is 0 Å². The van der Waals surface area contributed by atoms with Gasteiger partial charge in [-0.3, -0.25) is 4.90 Å². The van der Waals surface area contributed by atoms with Gasteiger partial charge in [-0.1, -0.05) is 0 Å². The first-order chi connectivity index (χ1) is 8.24. The number of nitrogens with zero attached hydrogens (tertiary/aromatic N) is 1. The zero-order chi connectivity index (χ0) is 12.5. The summed E-state index contributed by atoms with van der Waals surface area (Å²) in [5.74, 6) is 0. The molecule has 0 amide bonds. The van der Waals surface area contributed by atoms with E-state index in [1.165, 1.54) is 0 Å². The van der Waals surface area contributed by atoms with Crippen LogP contribution in [0.4, 0.5) is 0 Å². The molecule has 17 heavy (non-hydrogen) atoms. The van der Waals surface area contributed by atoms with Gasteiger partial charge < -0.3 is 19.9 Å². The average molecular weight is 246 g/mol. The van der Waals surface area contributed by atoms with Crippen molar-refractivity contribution in [2.75, 3.05) is 52.6 Å². The van der Waals surface area contributed by atoms with Gasteiger partial charge in [0.05, 0.1) is 32.5 Å². The van der Waals surface area contributed by atoms with Crippen LogP contribution in [0.1, 0.15) is 13.8 Å². The van der Waals surface area contributed by atoms with Gasteiger partial charge >= 0.3 is 0 Å². The number of rotatable bonds is 8. The van der Waals surface area contributed by atoms with Gasteiger partial charge in [0.25, 0.3) is 0 Å². The monoisotopic (exact) mass is 246 g/mol. The van der Waals surface area contributed by atoms with E-state index in [1.54, 1.807) is 0 Å². The van der Waals surface area contributed by atoms with E-state index in [0.29, 0.717) is 19.3 Å². The van der Waals surface area contributed by atoms with Crippen LogP contribution >= 0.6 is 0 Å². The van der Waals surface area contributed by atoms with E-state index >= 15 is 0 Å². The first kappa shape index (κ1) is 14.9. The number of hydrogen-bond donors (Lipinski definition) is 2. The van der Waals surface area contributed by atoms with Crippen molar-refractivity contribution in [3.63, 3.8) is 0 Å². The van der Waals surface area contributed by atoms with E-state index in [-0.39, 0.29) is 12.7 Å². The number of ether oxygens (including phenoxy) is 2. The van der Waals surface area contributed by atoms with Crippen molar-refractivity contribution in [2.45, 2.75) is 26.0 Å². The largest absolute Gasteiger partial charge is 0.394 e. The van der Waals surface area contributed by atoms with Gasteiger partial charge in [0.2, 0.25) is 0 Å². The molecule has 5 nitrogen and oxygen atoms in total. The van der Waals surface area contributed by atoms with Crippen LogP contribution in [-0.4, -0.2) is 74.8 Å². The second-order valence-corrected chi connectivity index (χ2v) is 4.62. The Morgan fingerprint density at radius 1 is 1.47 bits per heavy atom. The molecule has 1 rings (SSSR count). The SMILES string of the molecule is CC(C)N1CCOC(CNCCOCCO)C1. The molecular weight excluding hydrogens is 220 g/mol. The predicted octanol–water partition coefficient (Wildman–Crippen LogP) is -0.306. The lowest BCUT2D eigenvalue weighted by Gasteiger charge is -2.35. The highest BCUT2D eigenvalue weighted by molar-refractivity contribution is 4.75. The molecule has 1 fully saturated rings. The summed E-state index contributed by atoms with van der Waals surface area (Å²) in [6.07, 6.45) is 0.281. The summed E-state index contributed by atoms with van der Waals surface area (Å²) in [6.45, 7) is 10.1. The molecule has 1 heterocycles. The van der Waals surface area contributed by atoms with Crippen molar-refractivity contribution in [3.05, 3.63) is 0 Å². The summed E-state index contributed by atoms with van der Waals surface area (Å²) in [4.78, 5) is 2.44. The van der Waals surface area contributed by atoms with Crippen LogP contribution in [0.25, 0.3) is 0 Å². The molecule has 1 atom stereocenters. The fraction of sp³-hybridized carbons (Fsp3) is 1.00. The first-order valence-corrected chi connectivity index (χ1v) is 6.49. The number of aliphatic hydroxyl groups excluding tert-OH is 1. The Balaban J connectivity index is 2.02. The lowest BCUT2D eigenvalue weighted by molar-refractivity contribution is -0.0376. The van der Waals surface area contributed by atoms with Crippen molar-refractivity contribution >= 4 is 0 Å². The maximum absolute atomic E-state index is 8.54. The summed E-state index contributed by atoms with van der Waals surface area (Å²) in [5, 5.41) is 11.9. The highest BCUT2D eigenvalue weighted by Crippen LogP contribution is 2.07. The molecule has 5 heteroatoms. The Morgan fingerprint density at radius 3 is 3.00 bits per heavy atom. The lowest BCUT2D eigenvalue weighted by Crippen LogP contribution is -2.49. The zero-order valence-electron chi connectivity index (χ0n) is 11.0. The minimum Gasteiger partial charge on any atom is -0.394 e. The third-order valence-corrected chi connectivity index (χ3v) is 2.93. The number of nitrogens with one attached hydrogen (secondary N) is 1. The topological polar surface area (TPSA) is 54.0 Å². The van der Waals surface area contributed by atoms with E-state index in [9.17, 15) is 0 Å². The lowest BCUT2D eigenvalue weighted by atomic mass is 10.2. The van der Waals surface area contributed by atoms with Gasteiger partial charge in [-0.2, -0.15) is 0 Å². The molecule has 2 N–H and O–H groups in total. The van der Waals surface area contributed by atoms with Crippen molar-refractivity contribution in [1.82, 2.24) is 10.2 Å². The minimum atomic E-state index is 0.0923. The van der Waals surface area contributed by atoms with Crippen LogP contribution in [0.5, 0.6) is 0 Å². The quantitative estimate of drug-likeness (QED) is 0.576. The van der Waals surface area contributed by atoms with E-state index in [0.717, 1.165) is 32.8 Å².